The molecule has 19 heavy (non-hydrogen) atoms. The Balaban J connectivity index is 2.14. The smallest absolute Gasteiger partial charge is 0.138 e. The number of halogens is 1. The van der Waals surface area contributed by atoms with Crippen molar-refractivity contribution in [2.75, 3.05) is 0 Å². The number of fused-ring (bicyclic) bond motifs is 2. The van der Waals surface area contributed by atoms with Gasteiger partial charge in [-0.15, -0.1) is 0 Å². The second kappa shape index (κ2) is 4.82. The molecule has 2 aliphatic heterocycles. The number of hydrogen-bond donors (Lipinski definition) is 0. The number of carbonyl (C=O) groups excluding carboxylic acids is 1. The highest BCUT2D eigenvalue weighted by Crippen LogP contribution is 2.49. The molecule has 0 saturated heterocycles. The molecular formula is C15H17BrO3. The summed E-state index contributed by atoms with van der Waals surface area (Å²) in [6.45, 7) is 4.15. The summed E-state index contributed by atoms with van der Waals surface area (Å²) in [5, 5.41) is 0. The normalized spacial score (nSPS) is 23.5. The Bertz CT molecular complexity index is 500. The van der Waals surface area contributed by atoms with Crippen molar-refractivity contribution in [3.8, 4) is 11.5 Å². The highest BCUT2D eigenvalue weighted by molar-refractivity contribution is 9.10. The van der Waals surface area contributed by atoms with Gasteiger partial charge < -0.3 is 14.3 Å². The van der Waals surface area contributed by atoms with Crippen LogP contribution in [-0.4, -0.2) is 18.5 Å². The molecule has 0 radical (unpaired) electrons. The molecule has 2 unspecified atom stereocenters. The quantitative estimate of drug-likeness (QED) is 0.801. The van der Waals surface area contributed by atoms with E-state index >= 15 is 0 Å². The van der Waals surface area contributed by atoms with Gasteiger partial charge in [0.1, 0.15) is 30.0 Å². The van der Waals surface area contributed by atoms with Crippen molar-refractivity contribution in [3.63, 3.8) is 0 Å². The molecule has 0 amide bonds. The summed E-state index contributed by atoms with van der Waals surface area (Å²) in [7, 11) is 0. The maximum Gasteiger partial charge on any atom is 0.138 e. The van der Waals surface area contributed by atoms with Gasteiger partial charge in [-0.2, -0.15) is 0 Å². The number of hydrogen-bond acceptors (Lipinski definition) is 3. The van der Waals surface area contributed by atoms with Gasteiger partial charge in [-0.05, 0) is 36.2 Å². The number of rotatable bonds is 3. The van der Waals surface area contributed by atoms with Crippen molar-refractivity contribution in [1.29, 1.82) is 0 Å². The van der Waals surface area contributed by atoms with E-state index in [-0.39, 0.29) is 12.2 Å². The van der Waals surface area contributed by atoms with E-state index in [1.165, 1.54) is 16.7 Å². The third-order valence-electron chi connectivity index (χ3n) is 3.78. The molecule has 102 valence electrons. The lowest BCUT2D eigenvalue weighted by molar-refractivity contribution is -0.107. The predicted octanol–water partition coefficient (Wildman–Crippen LogP) is 3.23. The molecule has 0 saturated carbocycles. The summed E-state index contributed by atoms with van der Waals surface area (Å²) < 4.78 is 12.9. The lowest BCUT2D eigenvalue weighted by Crippen LogP contribution is -2.08. The molecule has 0 spiro atoms. The fraction of sp³-hybridized carbons (Fsp3) is 0.533. The number of ether oxygens (including phenoxy) is 2. The Morgan fingerprint density at radius 3 is 2.47 bits per heavy atom. The Morgan fingerprint density at radius 1 is 1.16 bits per heavy atom. The number of carbonyl (C=O) groups is 1. The second-order valence-corrected chi connectivity index (χ2v) is 6.17. The molecular weight excluding hydrogens is 308 g/mol. The lowest BCUT2D eigenvalue weighted by atomic mass is 9.95. The van der Waals surface area contributed by atoms with Crippen LogP contribution in [0.2, 0.25) is 0 Å². The molecule has 1 aromatic carbocycles. The molecule has 0 aromatic heterocycles. The van der Waals surface area contributed by atoms with Gasteiger partial charge in [0, 0.05) is 36.0 Å². The Hall–Kier alpha value is -1.03. The molecule has 0 N–H and O–H groups in total. The largest absolute Gasteiger partial charge is 0.490 e. The van der Waals surface area contributed by atoms with Crippen molar-refractivity contribution in [3.05, 3.63) is 21.2 Å². The molecule has 0 bridgehead atoms. The van der Waals surface area contributed by atoms with Crippen LogP contribution >= 0.6 is 15.9 Å². The standard InChI is InChI=1S/C15H17BrO3/c1-8-6-11-10(4-3-5-17)14-12(7-9(2)18-14)13(16)15(11)19-8/h5,8-9H,3-4,6-7H2,1-2H3. The van der Waals surface area contributed by atoms with E-state index < -0.39 is 0 Å². The van der Waals surface area contributed by atoms with Gasteiger partial charge in [0.05, 0.1) is 4.47 Å². The molecule has 2 atom stereocenters. The van der Waals surface area contributed by atoms with E-state index in [2.05, 4.69) is 29.8 Å². The molecule has 2 aliphatic rings. The first kappa shape index (κ1) is 13.0. The van der Waals surface area contributed by atoms with Gasteiger partial charge >= 0.3 is 0 Å². The third-order valence-corrected chi connectivity index (χ3v) is 4.62. The molecule has 3 rings (SSSR count). The maximum atomic E-state index is 10.7. The van der Waals surface area contributed by atoms with Crippen molar-refractivity contribution in [2.24, 2.45) is 0 Å². The molecule has 0 fully saturated rings. The summed E-state index contributed by atoms with van der Waals surface area (Å²) in [6, 6.07) is 0. The van der Waals surface area contributed by atoms with Gasteiger partial charge in [0.2, 0.25) is 0 Å². The average Bonchev–Trinajstić information content (AvgIpc) is 2.93. The average molecular weight is 325 g/mol. The van der Waals surface area contributed by atoms with Crippen LogP contribution in [0.5, 0.6) is 11.5 Å². The molecule has 0 aliphatic carbocycles. The van der Waals surface area contributed by atoms with E-state index in [1.807, 2.05) is 0 Å². The van der Waals surface area contributed by atoms with Crippen LogP contribution in [-0.2, 0) is 24.1 Å². The maximum absolute atomic E-state index is 10.7. The second-order valence-electron chi connectivity index (χ2n) is 5.38. The third kappa shape index (κ3) is 2.06. The number of benzene rings is 1. The SMILES string of the molecule is CC1Cc2c(CCC=O)c3c(c(Br)c2O1)CC(C)O3. The summed E-state index contributed by atoms with van der Waals surface area (Å²) in [6.07, 6.45) is 4.43. The van der Waals surface area contributed by atoms with Crippen LogP contribution in [0.25, 0.3) is 0 Å². The number of aldehydes is 1. The Kier molecular flexibility index (Phi) is 3.29. The van der Waals surface area contributed by atoms with Crippen LogP contribution in [0.4, 0.5) is 0 Å². The predicted molar refractivity (Wildman–Crippen MR) is 76.1 cm³/mol. The first-order valence-electron chi connectivity index (χ1n) is 6.74. The van der Waals surface area contributed by atoms with Crippen molar-refractivity contribution < 1.29 is 14.3 Å². The van der Waals surface area contributed by atoms with E-state index in [0.717, 1.165) is 41.5 Å². The zero-order chi connectivity index (χ0) is 13.6. The highest BCUT2D eigenvalue weighted by Gasteiger charge is 2.34. The zero-order valence-electron chi connectivity index (χ0n) is 11.2. The van der Waals surface area contributed by atoms with Crippen molar-refractivity contribution in [2.45, 2.75) is 51.7 Å². The minimum atomic E-state index is 0.196. The topological polar surface area (TPSA) is 35.5 Å². The minimum Gasteiger partial charge on any atom is -0.490 e. The van der Waals surface area contributed by atoms with Crippen molar-refractivity contribution >= 4 is 22.2 Å². The lowest BCUT2D eigenvalue weighted by Gasteiger charge is -2.14. The van der Waals surface area contributed by atoms with Gasteiger partial charge in [-0.3, -0.25) is 0 Å². The van der Waals surface area contributed by atoms with Crippen LogP contribution in [0, 0.1) is 0 Å². The van der Waals surface area contributed by atoms with Gasteiger partial charge in [0.15, 0.2) is 0 Å². The first-order chi connectivity index (χ1) is 9.11. The van der Waals surface area contributed by atoms with Crippen LogP contribution < -0.4 is 9.47 Å². The first-order valence-corrected chi connectivity index (χ1v) is 7.54. The summed E-state index contributed by atoms with van der Waals surface area (Å²) in [5.41, 5.74) is 3.59. The zero-order valence-corrected chi connectivity index (χ0v) is 12.7. The molecule has 4 heteroatoms. The summed E-state index contributed by atoms with van der Waals surface area (Å²) in [5.74, 6) is 1.95. The van der Waals surface area contributed by atoms with E-state index in [1.54, 1.807) is 0 Å². The van der Waals surface area contributed by atoms with E-state index in [9.17, 15) is 4.79 Å². The van der Waals surface area contributed by atoms with Gasteiger partial charge in [0.25, 0.3) is 0 Å². The molecule has 2 heterocycles. The fourth-order valence-corrected chi connectivity index (χ4v) is 3.69. The molecule has 1 aromatic rings. The minimum absolute atomic E-state index is 0.196. The Labute approximate surface area is 121 Å². The molecule has 3 nitrogen and oxygen atoms in total. The summed E-state index contributed by atoms with van der Waals surface area (Å²) >= 11 is 3.67. The van der Waals surface area contributed by atoms with Crippen molar-refractivity contribution in [1.82, 2.24) is 0 Å². The van der Waals surface area contributed by atoms with Crippen LogP contribution in [0.3, 0.4) is 0 Å². The van der Waals surface area contributed by atoms with Gasteiger partial charge in [-0.25, -0.2) is 0 Å². The fourth-order valence-electron chi connectivity index (χ4n) is 3.02. The van der Waals surface area contributed by atoms with Crippen LogP contribution in [0.15, 0.2) is 4.47 Å². The summed E-state index contributed by atoms with van der Waals surface area (Å²) in [4.78, 5) is 10.7. The monoisotopic (exact) mass is 324 g/mol. The van der Waals surface area contributed by atoms with Crippen LogP contribution in [0.1, 0.15) is 37.0 Å². The van der Waals surface area contributed by atoms with Gasteiger partial charge in [-0.1, -0.05) is 0 Å². The van der Waals surface area contributed by atoms with E-state index in [0.29, 0.717) is 6.42 Å². The highest BCUT2D eigenvalue weighted by atomic mass is 79.9. The van der Waals surface area contributed by atoms with E-state index in [4.69, 9.17) is 9.47 Å². The Morgan fingerprint density at radius 2 is 1.79 bits per heavy atom.